The van der Waals surface area contributed by atoms with E-state index >= 15 is 0 Å². The number of alkyl halides is 2. The summed E-state index contributed by atoms with van der Waals surface area (Å²) in [7, 11) is 0. The van der Waals surface area contributed by atoms with Crippen LogP contribution in [0.2, 0.25) is 0 Å². The summed E-state index contributed by atoms with van der Waals surface area (Å²) in [5.74, 6) is -2.91. The maximum absolute atomic E-state index is 13.9. The normalized spacial score (nSPS) is 11.1. The number of halogens is 2. The van der Waals surface area contributed by atoms with Gasteiger partial charge >= 0.3 is 0 Å². The fourth-order valence-corrected chi connectivity index (χ4v) is 1.90. The monoisotopic (exact) mass is 272 g/mol. The van der Waals surface area contributed by atoms with Crippen molar-refractivity contribution >= 4 is 0 Å². The van der Waals surface area contributed by atoms with E-state index in [1.54, 1.807) is 42.5 Å². The summed E-state index contributed by atoms with van der Waals surface area (Å²) in [5.41, 5.74) is 1.34. The number of nitriles is 1. The first-order valence-electron chi connectivity index (χ1n) is 6.25. The van der Waals surface area contributed by atoms with Crippen LogP contribution in [0.5, 0.6) is 0 Å². The number of rotatable bonds is 5. The Bertz CT molecular complexity index is 603. The molecule has 2 nitrogen and oxygen atoms in total. The van der Waals surface area contributed by atoms with Gasteiger partial charge in [-0.3, -0.25) is 0 Å². The second-order valence-electron chi connectivity index (χ2n) is 4.49. The zero-order valence-electron chi connectivity index (χ0n) is 10.8. The molecule has 102 valence electrons. The van der Waals surface area contributed by atoms with Gasteiger partial charge in [0.05, 0.1) is 18.2 Å². The van der Waals surface area contributed by atoms with Gasteiger partial charge in [0.1, 0.15) is 0 Å². The van der Waals surface area contributed by atoms with E-state index in [0.29, 0.717) is 12.1 Å². The van der Waals surface area contributed by atoms with Crippen molar-refractivity contribution in [2.24, 2.45) is 0 Å². The van der Waals surface area contributed by atoms with Crippen molar-refractivity contribution in [1.82, 2.24) is 5.32 Å². The van der Waals surface area contributed by atoms with Crippen molar-refractivity contribution in [3.05, 3.63) is 71.3 Å². The lowest BCUT2D eigenvalue weighted by molar-refractivity contribution is -0.00343. The molecule has 0 aliphatic heterocycles. The molecule has 0 aliphatic rings. The van der Waals surface area contributed by atoms with Crippen LogP contribution in [0.1, 0.15) is 16.7 Å². The first kappa shape index (κ1) is 14.2. The highest BCUT2D eigenvalue weighted by molar-refractivity contribution is 5.32. The molecular formula is C16H14F2N2. The summed E-state index contributed by atoms with van der Waals surface area (Å²) < 4.78 is 27.8. The molecule has 0 saturated carbocycles. The zero-order valence-corrected chi connectivity index (χ0v) is 10.8. The van der Waals surface area contributed by atoms with Crippen LogP contribution in [-0.2, 0) is 12.5 Å². The van der Waals surface area contributed by atoms with Gasteiger partial charge in [-0.25, -0.2) is 0 Å². The Morgan fingerprint density at radius 2 is 1.80 bits per heavy atom. The molecule has 2 aromatic carbocycles. The SMILES string of the molecule is N#Cc1cccc(CNCC(F)(F)c2ccccc2)c1. The summed E-state index contributed by atoms with van der Waals surface area (Å²) >= 11 is 0. The Balaban J connectivity index is 1.94. The van der Waals surface area contributed by atoms with E-state index in [4.69, 9.17) is 5.26 Å². The molecule has 0 unspecified atom stereocenters. The van der Waals surface area contributed by atoms with E-state index in [2.05, 4.69) is 5.32 Å². The van der Waals surface area contributed by atoms with Crippen LogP contribution >= 0.6 is 0 Å². The summed E-state index contributed by atoms with van der Waals surface area (Å²) in [4.78, 5) is 0. The Morgan fingerprint density at radius 1 is 1.05 bits per heavy atom. The minimum atomic E-state index is -2.91. The maximum Gasteiger partial charge on any atom is 0.285 e. The molecule has 0 saturated heterocycles. The lowest BCUT2D eigenvalue weighted by atomic mass is 10.1. The topological polar surface area (TPSA) is 35.8 Å². The molecule has 0 bridgehead atoms. The number of hydrogen-bond acceptors (Lipinski definition) is 2. The van der Waals surface area contributed by atoms with Gasteiger partial charge in [-0.2, -0.15) is 14.0 Å². The highest BCUT2D eigenvalue weighted by Crippen LogP contribution is 2.26. The molecule has 0 amide bonds. The first-order chi connectivity index (χ1) is 9.62. The van der Waals surface area contributed by atoms with Gasteiger partial charge in [0, 0.05) is 12.1 Å². The van der Waals surface area contributed by atoms with Gasteiger partial charge in [-0.15, -0.1) is 0 Å². The zero-order chi connectivity index (χ0) is 14.4. The second kappa shape index (κ2) is 6.27. The molecule has 0 fully saturated rings. The molecule has 0 spiro atoms. The number of hydrogen-bond donors (Lipinski definition) is 1. The van der Waals surface area contributed by atoms with E-state index < -0.39 is 12.5 Å². The van der Waals surface area contributed by atoms with E-state index in [0.717, 1.165) is 5.56 Å². The van der Waals surface area contributed by atoms with Gasteiger partial charge in [0.25, 0.3) is 5.92 Å². The van der Waals surface area contributed by atoms with Crippen LogP contribution in [-0.4, -0.2) is 6.54 Å². The lowest BCUT2D eigenvalue weighted by Crippen LogP contribution is -2.30. The van der Waals surface area contributed by atoms with E-state index in [-0.39, 0.29) is 5.56 Å². The third kappa shape index (κ3) is 3.62. The Morgan fingerprint density at radius 3 is 2.50 bits per heavy atom. The molecule has 0 radical (unpaired) electrons. The van der Waals surface area contributed by atoms with Gasteiger partial charge < -0.3 is 5.32 Å². The molecule has 0 heterocycles. The van der Waals surface area contributed by atoms with Crippen molar-refractivity contribution in [3.8, 4) is 6.07 Å². The fourth-order valence-electron chi connectivity index (χ4n) is 1.90. The van der Waals surface area contributed by atoms with E-state index in [1.165, 1.54) is 12.1 Å². The first-order valence-corrected chi connectivity index (χ1v) is 6.25. The summed E-state index contributed by atoms with van der Waals surface area (Å²) in [5, 5.41) is 11.5. The van der Waals surface area contributed by atoms with Crippen LogP contribution in [0, 0.1) is 11.3 Å². The minimum absolute atomic E-state index is 0.00160. The van der Waals surface area contributed by atoms with Crippen molar-refractivity contribution in [3.63, 3.8) is 0 Å². The molecule has 2 rings (SSSR count). The van der Waals surface area contributed by atoms with Crippen molar-refractivity contribution in [1.29, 1.82) is 5.26 Å². The van der Waals surface area contributed by atoms with E-state index in [1.807, 2.05) is 6.07 Å². The van der Waals surface area contributed by atoms with Crippen LogP contribution in [0.25, 0.3) is 0 Å². The molecule has 4 heteroatoms. The van der Waals surface area contributed by atoms with E-state index in [9.17, 15) is 8.78 Å². The quantitative estimate of drug-likeness (QED) is 0.905. The summed E-state index contributed by atoms with van der Waals surface area (Å²) in [6.07, 6.45) is 0. The average Bonchev–Trinajstić information content (AvgIpc) is 2.48. The van der Waals surface area contributed by atoms with Crippen LogP contribution in [0.15, 0.2) is 54.6 Å². The number of nitrogens with one attached hydrogen (secondary N) is 1. The molecule has 2 aromatic rings. The second-order valence-corrected chi connectivity index (χ2v) is 4.49. The van der Waals surface area contributed by atoms with Crippen LogP contribution in [0.4, 0.5) is 8.78 Å². The molecule has 1 N–H and O–H groups in total. The maximum atomic E-state index is 13.9. The molecule has 20 heavy (non-hydrogen) atoms. The fraction of sp³-hybridized carbons (Fsp3) is 0.188. The van der Waals surface area contributed by atoms with Crippen LogP contribution < -0.4 is 5.32 Å². The van der Waals surface area contributed by atoms with Crippen molar-refractivity contribution < 1.29 is 8.78 Å². The third-order valence-corrected chi connectivity index (χ3v) is 2.93. The Kier molecular flexibility index (Phi) is 4.44. The number of nitrogens with zero attached hydrogens (tertiary/aromatic N) is 1. The van der Waals surface area contributed by atoms with Gasteiger partial charge in [0.15, 0.2) is 0 Å². The predicted molar refractivity (Wildman–Crippen MR) is 73.2 cm³/mol. The molecular weight excluding hydrogens is 258 g/mol. The highest BCUT2D eigenvalue weighted by Gasteiger charge is 2.30. The summed E-state index contributed by atoms with van der Waals surface area (Å²) in [6.45, 7) is -0.133. The Labute approximate surface area is 116 Å². The molecule has 0 aliphatic carbocycles. The van der Waals surface area contributed by atoms with Gasteiger partial charge in [-0.05, 0) is 17.7 Å². The third-order valence-electron chi connectivity index (χ3n) is 2.93. The standard InChI is InChI=1S/C16H14F2N2/c17-16(18,15-7-2-1-3-8-15)12-20-11-14-6-4-5-13(9-14)10-19/h1-9,20H,11-12H2. The molecule has 0 aromatic heterocycles. The highest BCUT2D eigenvalue weighted by atomic mass is 19.3. The Hall–Kier alpha value is -2.25. The van der Waals surface area contributed by atoms with Gasteiger partial charge in [-0.1, -0.05) is 42.5 Å². The van der Waals surface area contributed by atoms with Crippen molar-refractivity contribution in [2.75, 3.05) is 6.54 Å². The minimum Gasteiger partial charge on any atom is -0.307 e. The van der Waals surface area contributed by atoms with Crippen LogP contribution in [0.3, 0.4) is 0 Å². The van der Waals surface area contributed by atoms with Gasteiger partial charge in [0.2, 0.25) is 0 Å². The largest absolute Gasteiger partial charge is 0.307 e. The molecule has 0 atom stereocenters. The smallest absolute Gasteiger partial charge is 0.285 e. The predicted octanol–water partition coefficient (Wildman–Crippen LogP) is 3.44. The average molecular weight is 272 g/mol. The van der Waals surface area contributed by atoms with Crippen molar-refractivity contribution in [2.45, 2.75) is 12.5 Å². The number of benzene rings is 2. The lowest BCUT2D eigenvalue weighted by Gasteiger charge is -2.17. The summed E-state index contributed by atoms with van der Waals surface area (Å²) in [6, 6.07) is 16.7.